The number of carbonyl (C=O) groups excluding carboxylic acids is 1. The number of fused-ring (bicyclic) bond motifs is 5. The molecule has 1 heterocycles. The molecule has 130 valence electrons. The van der Waals surface area contributed by atoms with Crippen molar-refractivity contribution < 1.29 is 9.90 Å². The lowest BCUT2D eigenvalue weighted by atomic mass is 9.45. The second kappa shape index (κ2) is 4.97. The Kier molecular flexibility index (Phi) is 3.44. The van der Waals surface area contributed by atoms with Crippen LogP contribution >= 0.6 is 0 Å². The fourth-order valence-electron chi connectivity index (χ4n) is 7.43. The Balaban J connectivity index is 1.70. The molecular formula is C20H33NO2. The van der Waals surface area contributed by atoms with Gasteiger partial charge in [-0.25, -0.2) is 0 Å². The molecule has 23 heavy (non-hydrogen) atoms. The molecule has 4 rings (SSSR count). The second-order valence-corrected chi connectivity index (χ2v) is 9.67. The van der Waals surface area contributed by atoms with Crippen LogP contribution in [0.15, 0.2) is 0 Å². The lowest BCUT2D eigenvalue weighted by Crippen LogP contribution is -2.63. The predicted octanol–water partition coefficient (Wildman–Crippen LogP) is 3.46. The van der Waals surface area contributed by atoms with Gasteiger partial charge in [0.15, 0.2) is 0 Å². The first-order valence-corrected chi connectivity index (χ1v) is 9.73. The van der Waals surface area contributed by atoms with Gasteiger partial charge in [0.2, 0.25) is 5.91 Å². The number of aliphatic hydroxyl groups excluding tert-OH is 1. The van der Waals surface area contributed by atoms with Crippen LogP contribution in [0.4, 0.5) is 0 Å². The first kappa shape index (κ1) is 15.9. The van der Waals surface area contributed by atoms with Crippen LogP contribution in [0.5, 0.6) is 0 Å². The molecule has 8 atom stereocenters. The van der Waals surface area contributed by atoms with E-state index in [1.165, 1.54) is 19.3 Å². The summed E-state index contributed by atoms with van der Waals surface area (Å²) in [5.41, 5.74) is 0.434. The highest BCUT2D eigenvalue weighted by atomic mass is 16.3. The van der Waals surface area contributed by atoms with Crippen LogP contribution in [0.25, 0.3) is 0 Å². The number of likely N-dealkylation sites (tertiary alicyclic amines) is 1. The van der Waals surface area contributed by atoms with Crippen LogP contribution in [0.2, 0.25) is 0 Å². The molecule has 3 aliphatic carbocycles. The zero-order valence-corrected chi connectivity index (χ0v) is 15.2. The van der Waals surface area contributed by atoms with E-state index in [0.29, 0.717) is 23.8 Å². The van der Waals surface area contributed by atoms with Gasteiger partial charge in [-0.3, -0.25) is 4.79 Å². The van der Waals surface area contributed by atoms with E-state index in [1.54, 1.807) is 0 Å². The monoisotopic (exact) mass is 319 g/mol. The highest BCUT2D eigenvalue weighted by Crippen LogP contribution is 2.65. The standard InChI is InChI=1S/C20H33NO2/c1-12-11-15-19(2,10-8-17(23)21(15)4)14-7-9-20(3)13(18(12)14)5-6-16(20)22/h12-16,18,22H,5-11H2,1-4H3/t12?,13-,14-,15?,16?,18-,19+,20-/m0/s1. The molecule has 3 heteroatoms. The molecule has 1 saturated heterocycles. The average molecular weight is 319 g/mol. The minimum atomic E-state index is -0.0956. The molecule has 3 unspecified atom stereocenters. The minimum absolute atomic E-state index is 0.0956. The van der Waals surface area contributed by atoms with Crippen LogP contribution in [0.1, 0.15) is 65.7 Å². The molecule has 3 saturated carbocycles. The molecule has 0 spiro atoms. The Morgan fingerprint density at radius 3 is 2.52 bits per heavy atom. The van der Waals surface area contributed by atoms with Gasteiger partial charge in [0.1, 0.15) is 0 Å². The van der Waals surface area contributed by atoms with Gasteiger partial charge in [-0.1, -0.05) is 20.8 Å². The Labute approximate surface area is 140 Å². The third-order valence-electron chi connectivity index (χ3n) is 8.88. The number of carbonyl (C=O) groups is 1. The number of hydrogen-bond acceptors (Lipinski definition) is 2. The van der Waals surface area contributed by atoms with Crippen molar-refractivity contribution in [3.05, 3.63) is 0 Å². The Hall–Kier alpha value is -0.570. The van der Waals surface area contributed by atoms with Crippen molar-refractivity contribution in [2.45, 2.75) is 77.9 Å². The van der Waals surface area contributed by atoms with Crippen molar-refractivity contribution in [2.75, 3.05) is 7.05 Å². The summed E-state index contributed by atoms with van der Waals surface area (Å²) in [5.74, 6) is 3.17. The molecule has 1 N–H and O–H groups in total. The summed E-state index contributed by atoms with van der Waals surface area (Å²) in [6.07, 6.45) is 7.48. The zero-order valence-electron chi connectivity index (χ0n) is 15.2. The van der Waals surface area contributed by atoms with E-state index < -0.39 is 0 Å². The molecule has 0 bridgehead atoms. The van der Waals surface area contributed by atoms with Gasteiger partial charge in [-0.15, -0.1) is 0 Å². The van der Waals surface area contributed by atoms with E-state index >= 15 is 0 Å². The number of rotatable bonds is 0. The summed E-state index contributed by atoms with van der Waals surface area (Å²) in [5, 5.41) is 10.6. The quantitative estimate of drug-likeness (QED) is 0.743. The summed E-state index contributed by atoms with van der Waals surface area (Å²) in [6.45, 7) is 7.24. The second-order valence-electron chi connectivity index (χ2n) is 9.67. The van der Waals surface area contributed by atoms with E-state index in [4.69, 9.17) is 0 Å². The predicted molar refractivity (Wildman–Crippen MR) is 90.7 cm³/mol. The van der Waals surface area contributed by atoms with Gasteiger partial charge in [0.25, 0.3) is 0 Å². The summed E-state index contributed by atoms with van der Waals surface area (Å²) in [6, 6.07) is 0.427. The molecule has 4 fully saturated rings. The van der Waals surface area contributed by atoms with Crippen LogP contribution in [0, 0.1) is 34.5 Å². The largest absolute Gasteiger partial charge is 0.393 e. The average Bonchev–Trinajstić information content (AvgIpc) is 2.82. The van der Waals surface area contributed by atoms with Crippen molar-refractivity contribution in [3.8, 4) is 0 Å². The van der Waals surface area contributed by atoms with Gasteiger partial charge in [-0.05, 0) is 73.0 Å². The molecule has 4 aliphatic rings. The number of aliphatic hydroxyl groups is 1. The maximum Gasteiger partial charge on any atom is 0.222 e. The number of piperidine rings is 1. The van der Waals surface area contributed by atoms with Crippen LogP contribution in [0.3, 0.4) is 0 Å². The van der Waals surface area contributed by atoms with Crippen molar-refractivity contribution in [3.63, 3.8) is 0 Å². The maximum absolute atomic E-state index is 12.2. The van der Waals surface area contributed by atoms with Crippen LogP contribution in [-0.2, 0) is 4.79 Å². The molecule has 0 aromatic carbocycles. The first-order valence-electron chi connectivity index (χ1n) is 9.73. The van der Waals surface area contributed by atoms with E-state index in [-0.39, 0.29) is 16.9 Å². The fraction of sp³-hybridized carbons (Fsp3) is 0.950. The van der Waals surface area contributed by atoms with E-state index in [0.717, 1.165) is 37.5 Å². The number of hydrogen-bond donors (Lipinski definition) is 1. The Bertz CT molecular complexity index is 520. The first-order chi connectivity index (χ1) is 10.8. The van der Waals surface area contributed by atoms with Crippen molar-refractivity contribution in [1.29, 1.82) is 0 Å². The molecule has 0 aromatic heterocycles. The van der Waals surface area contributed by atoms with E-state index in [1.807, 2.05) is 7.05 Å². The van der Waals surface area contributed by atoms with Gasteiger partial charge in [0, 0.05) is 19.5 Å². The van der Waals surface area contributed by atoms with E-state index in [2.05, 4.69) is 25.7 Å². The van der Waals surface area contributed by atoms with Gasteiger partial charge in [-0.2, -0.15) is 0 Å². The lowest BCUT2D eigenvalue weighted by molar-refractivity contribution is -0.168. The topological polar surface area (TPSA) is 40.5 Å². The third kappa shape index (κ3) is 1.95. The molecule has 3 nitrogen and oxygen atoms in total. The smallest absolute Gasteiger partial charge is 0.222 e. The number of amides is 1. The molecule has 1 amide bonds. The third-order valence-corrected chi connectivity index (χ3v) is 8.88. The van der Waals surface area contributed by atoms with Crippen molar-refractivity contribution in [2.24, 2.45) is 34.5 Å². The molecule has 1 aliphatic heterocycles. The van der Waals surface area contributed by atoms with Crippen molar-refractivity contribution in [1.82, 2.24) is 4.90 Å². The van der Waals surface area contributed by atoms with Crippen LogP contribution < -0.4 is 0 Å². The van der Waals surface area contributed by atoms with Gasteiger partial charge in [0.05, 0.1) is 6.10 Å². The normalized spacial score (nSPS) is 56.0. The van der Waals surface area contributed by atoms with Crippen LogP contribution in [-0.4, -0.2) is 35.1 Å². The summed E-state index contributed by atoms with van der Waals surface area (Å²) < 4.78 is 0. The lowest BCUT2D eigenvalue weighted by Gasteiger charge is -2.63. The zero-order chi connectivity index (χ0) is 16.6. The Morgan fingerprint density at radius 1 is 1.09 bits per heavy atom. The molecular weight excluding hydrogens is 286 g/mol. The van der Waals surface area contributed by atoms with E-state index in [9.17, 15) is 9.90 Å². The SMILES string of the molecule is CC1CC2N(C)C(=O)CC[C@]2(C)[C@H]2CC[C@]3(C)C(O)CC[C@H]3[C@H]12. The van der Waals surface area contributed by atoms with Crippen molar-refractivity contribution >= 4 is 5.91 Å². The fourth-order valence-corrected chi connectivity index (χ4v) is 7.43. The Morgan fingerprint density at radius 2 is 1.78 bits per heavy atom. The highest BCUT2D eigenvalue weighted by Gasteiger charge is 2.62. The number of nitrogens with zero attached hydrogens (tertiary/aromatic N) is 1. The summed E-state index contributed by atoms with van der Waals surface area (Å²) in [7, 11) is 2.03. The molecule has 0 radical (unpaired) electrons. The highest BCUT2D eigenvalue weighted by molar-refractivity contribution is 5.77. The molecule has 0 aromatic rings. The van der Waals surface area contributed by atoms with Gasteiger partial charge < -0.3 is 10.0 Å². The van der Waals surface area contributed by atoms with Gasteiger partial charge >= 0.3 is 0 Å². The summed E-state index contributed by atoms with van der Waals surface area (Å²) in [4.78, 5) is 14.3. The summed E-state index contributed by atoms with van der Waals surface area (Å²) >= 11 is 0. The minimum Gasteiger partial charge on any atom is -0.393 e. The maximum atomic E-state index is 12.2.